The van der Waals surface area contributed by atoms with Crippen molar-refractivity contribution in [3.63, 3.8) is 0 Å². The van der Waals surface area contributed by atoms with Crippen molar-refractivity contribution in [1.29, 1.82) is 0 Å². The highest BCUT2D eigenvalue weighted by atomic mass is 16.5. The van der Waals surface area contributed by atoms with Gasteiger partial charge in [-0.15, -0.1) is 0 Å². The zero-order valence-corrected chi connectivity index (χ0v) is 9.17. The molecule has 86 valence electrons. The fourth-order valence-corrected chi connectivity index (χ4v) is 1.57. The second kappa shape index (κ2) is 3.92. The normalized spacial score (nSPS) is 17.4. The third-order valence-corrected chi connectivity index (χ3v) is 2.50. The van der Waals surface area contributed by atoms with Crippen molar-refractivity contribution < 1.29 is 9.32 Å². The topological polar surface area (TPSA) is 97.6 Å². The molecule has 0 aromatic carbocycles. The lowest BCUT2D eigenvalue weighted by Crippen LogP contribution is -2.29. The van der Waals surface area contributed by atoms with E-state index in [-0.39, 0.29) is 5.92 Å². The lowest BCUT2D eigenvalue weighted by atomic mass is 10.0. The van der Waals surface area contributed by atoms with Gasteiger partial charge in [0.1, 0.15) is 0 Å². The van der Waals surface area contributed by atoms with E-state index in [2.05, 4.69) is 15.2 Å². The summed E-state index contributed by atoms with van der Waals surface area (Å²) in [5, 5.41) is 9.08. The number of nitrogens with zero attached hydrogens (tertiary/aromatic N) is 4. The maximum atomic E-state index is 10.9. The Morgan fingerprint density at radius 2 is 2.38 bits per heavy atom. The molecule has 0 unspecified atom stereocenters. The van der Waals surface area contributed by atoms with Crippen LogP contribution in [0, 0.1) is 6.92 Å². The molecular weight excluding hydrogens is 210 g/mol. The number of aromatic nitrogens is 2. The number of carbonyl (C=O) groups is 1. The first-order valence-corrected chi connectivity index (χ1v) is 5.02. The van der Waals surface area contributed by atoms with Gasteiger partial charge in [0.2, 0.25) is 5.89 Å². The fraction of sp³-hybridized carbons (Fsp3) is 0.556. The Kier molecular flexibility index (Phi) is 2.59. The number of rotatable bonds is 2. The van der Waals surface area contributed by atoms with Crippen LogP contribution in [0.2, 0.25) is 0 Å². The van der Waals surface area contributed by atoms with Crippen LogP contribution in [0.5, 0.6) is 0 Å². The van der Waals surface area contributed by atoms with Crippen molar-refractivity contribution in [1.82, 2.24) is 15.1 Å². The van der Waals surface area contributed by atoms with E-state index in [0.29, 0.717) is 24.7 Å². The van der Waals surface area contributed by atoms with Crippen molar-refractivity contribution >= 4 is 11.7 Å². The highest BCUT2D eigenvalue weighted by Crippen LogP contribution is 2.21. The van der Waals surface area contributed by atoms with Crippen LogP contribution in [0.1, 0.15) is 31.0 Å². The zero-order valence-electron chi connectivity index (χ0n) is 9.17. The Hall–Kier alpha value is -1.92. The molecule has 1 aliphatic heterocycles. The van der Waals surface area contributed by atoms with Crippen molar-refractivity contribution in [2.45, 2.75) is 26.2 Å². The van der Waals surface area contributed by atoms with Gasteiger partial charge in [0.05, 0.1) is 18.2 Å². The zero-order chi connectivity index (χ0) is 11.7. The highest BCUT2D eigenvalue weighted by Gasteiger charge is 2.26. The van der Waals surface area contributed by atoms with Crippen LogP contribution in [0.4, 0.5) is 4.79 Å². The molecule has 1 aromatic heterocycles. The van der Waals surface area contributed by atoms with E-state index in [1.807, 2.05) is 6.92 Å². The van der Waals surface area contributed by atoms with Gasteiger partial charge in [0.15, 0.2) is 5.82 Å². The lowest BCUT2D eigenvalue weighted by Gasteiger charge is -2.06. The van der Waals surface area contributed by atoms with Crippen LogP contribution in [-0.2, 0) is 0 Å². The maximum absolute atomic E-state index is 10.9. The molecular formula is C9H13N5O2. The van der Waals surface area contributed by atoms with Crippen LogP contribution in [0.25, 0.3) is 0 Å². The van der Waals surface area contributed by atoms with Gasteiger partial charge < -0.3 is 10.3 Å². The molecule has 0 spiro atoms. The number of hydrogen-bond donors (Lipinski definition) is 1. The predicted molar refractivity (Wildman–Crippen MR) is 55.8 cm³/mol. The Morgan fingerprint density at radius 1 is 1.62 bits per heavy atom. The number of nitrogens with two attached hydrogens (primary N) is 1. The van der Waals surface area contributed by atoms with Gasteiger partial charge in [-0.3, -0.25) is 0 Å². The first kappa shape index (κ1) is 10.6. The number of urea groups is 1. The summed E-state index contributed by atoms with van der Waals surface area (Å²) >= 11 is 0. The molecule has 0 fully saturated rings. The van der Waals surface area contributed by atoms with E-state index in [0.717, 1.165) is 5.71 Å². The van der Waals surface area contributed by atoms with Gasteiger partial charge in [-0.2, -0.15) is 10.1 Å². The summed E-state index contributed by atoms with van der Waals surface area (Å²) < 4.78 is 5.06. The smallest absolute Gasteiger partial charge is 0.335 e. The van der Waals surface area contributed by atoms with Crippen molar-refractivity contribution in [2.75, 3.05) is 6.54 Å². The van der Waals surface area contributed by atoms with Crippen LogP contribution in [-0.4, -0.2) is 33.4 Å². The lowest BCUT2D eigenvalue weighted by molar-refractivity contribution is 0.215. The summed E-state index contributed by atoms with van der Waals surface area (Å²) in [4.78, 5) is 15.0. The first-order chi connectivity index (χ1) is 7.58. The molecule has 1 aromatic rings. The molecule has 2 rings (SSSR count). The first-order valence-electron chi connectivity index (χ1n) is 5.02. The predicted octanol–water partition coefficient (Wildman–Crippen LogP) is 0.622. The van der Waals surface area contributed by atoms with Crippen LogP contribution >= 0.6 is 0 Å². The summed E-state index contributed by atoms with van der Waals surface area (Å²) in [5.74, 6) is 1.03. The third-order valence-electron chi connectivity index (χ3n) is 2.50. The van der Waals surface area contributed by atoms with E-state index in [9.17, 15) is 4.79 Å². The Bertz CT molecular complexity index is 439. The molecule has 7 nitrogen and oxygen atoms in total. The molecule has 2 amide bonds. The molecule has 2 heterocycles. The Balaban J connectivity index is 2.14. The molecule has 0 saturated carbocycles. The number of hydrogen-bond acceptors (Lipinski definition) is 5. The minimum Gasteiger partial charge on any atom is -0.350 e. The number of aryl methyl sites for hydroxylation is 1. The summed E-state index contributed by atoms with van der Waals surface area (Å²) in [5.41, 5.74) is 5.97. The average Bonchev–Trinajstić information content (AvgIpc) is 2.84. The number of hydrazone groups is 1. The molecule has 0 saturated heterocycles. The van der Waals surface area contributed by atoms with Gasteiger partial charge in [-0.1, -0.05) is 5.16 Å². The molecule has 0 radical (unpaired) electrons. The second-order valence-corrected chi connectivity index (χ2v) is 3.70. The number of amides is 2. The summed E-state index contributed by atoms with van der Waals surface area (Å²) in [6.45, 7) is 4.18. The van der Waals surface area contributed by atoms with E-state index < -0.39 is 6.03 Å². The number of primary amides is 1. The van der Waals surface area contributed by atoms with Crippen LogP contribution < -0.4 is 5.73 Å². The van der Waals surface area contributed by atoms with Gasteiger partial charge in [0, 0.05) is 6.42 Å². The molecule has 2 N–H and O–H groups in total. The second-order valence-electron chi connectivity index (χ2n) is 3.70. The summed E-state index contributed by atoms with van der Waals surface area (Å²) in [7, 11) is 0. The quantitative estimate of drug-likeness (QED) is 0.794. The van der Waals surface area contributed by atoms with Gasteiger partial charge in [0.25, 0.3) is 0 Å². The number of carbonyl (C=O) groups excluding carboxylic acids is 1. The third kappa shape index (κ3) is 1.88. The van der Waals surface area contributed by atoms with Crippen LogP contribution in [0.3, 0.4) is 0 Å². The van der Waals surface area contributed by atoms with E-state index >= 15 is 0 Å². The van der Waals surface area contributed by atoms with E-state index in [4.69, 9.17) is 10.3 Å². The average molecular weight is 223 g/mol. The molecule has 16 heavy (non-hydrogen) atoms. The molecule has 0 aliphatic carbocycles. The largest absolute Gasteiger partial charge is 0.350 e. The minimum atomic E-state index is -0.538. The van der Waals surface area contributed by atoms with Gasteiger partial charge in [-0.25, -0.2) is 9.80 Å². The van der Waals surface area contributed by atoms with E-state index in [1.54, 1.807) is 6.92 Å². The van der Waals surface area contributed by atoms with Gasteiger partial charge >= 0.3 is 6.03 Å². The maximum Gasteiger partial charge on any atom is 0.335 e. The van der Waals surface area contributed by atoms with Gasteiger partial charge in [-0.05, 0) is 13.8 Å². The van der Waals surface area contributed by atoms with Crippen LogP contribution in [0.15, 0.2) is 9.62 Å². The monoisotopic (exact) mass is 223 g/mol. The van der Waals surface area contributed by atoms with Crippen molar-refractivity contribution in [3.05, 3.63) is 11.7 Å². The standard InChI is InChI=1S/C9H13N5O2/c1-5(8-11-6(2)13-16-8)7-3-4-14(12-7)9(10)15/h5H,3-4H2,1-2H3,(H2,10,15)/t5-/m1/s1. The molecule has 7 heteroatoms. The highest BCUT2D eigenvalue weighted by molar-refractivity contribution is 5.92. The SMILES string of the molecule is Cc1noc([C@H](C)C2=NN(C(N)=O)CC2)n1. The molecule has 0 bridgehead atoms. The molecule has 1 aliphatic rings. The molecule has 1 atom stereocenters. The minimum absolute atomic E-state index is 0.0782. The Labute approximate surface area is 92.3 Å². The fourth-order valence-electron chi connectivity index (χ4n) is 1.57. The van der Waals surface area contributed by atoms with Crippen molar-refractivity contribution in [2.24, 2.45) is 10.8 Å². The van der Waals surface area contributed by atoms with Crippen molar-refractivity contribution in [3.8, 4) is 0 Å². The van der Waals surface area contributed by atoms with E-state index in [1.165, 1.54) is 5.01 Å². The Morgan fingerprint density at radius 3 is 2.88 bits per heavy atom. The summed E-state index contributed by atoms with van der Waals surface area (Å²) in [6.07, 6.45) is 0.686. The summed E-state index contributed by atoms with van der Waals surface area (Å²) in [6, 6.07) is -0.538.